The molecule has 1 atom stereocenters. The summed E-state index contributed by atoms with van der Waals surface area (Å²) in [4.78, 5) is 14.6. The van der Waals surface area contributed by atoms with Gasteiger partial charge in [0, 0.05) is 18.3 Å². The van der Waals surface area contributed by atoms with Crippen LogP contribution in [0.5, 0.6) is 0 Å². The van der Waals surface area contributed by atoms with E-state index in [0.717, 1.165) is 57.1 Å². The molecule has 1 fully saturated rings. The molecule has 148 valence electrons. The summed E-state index contributed by atoms with van der Waals surface area (Å²) in [6.07, 6.45) is 8.43. The number of sulfonamides is 1. The van der Waals surface area contributed by atoms with Crippen LogP contribution in [0.4, 0.5) is 10.5 Å². The molecule has 0 aromatic heterocycles. The van der Waals surface area contributed by atoms with E-state index in [4.69, 9.17) is 0 Å². The number of hydrogen-bond donors (Lipinski definition) is 2. The highest BCUT2D eigenvalue weighted by Gasteiger charge is 2.32. The topological polar surface area (TPSA) is 78.5 Å². The number of anilines is 1. The van der Waals surface area contributed by atoms with E-state index in [0.29, 0.717) is 12.6 Å². The molecule has 1 saturated carbocycles. The minimum atomic E-state index is -3.71. The van der Waals surface area contributed by atoms with Crippen molar-refractivity contribution in [1.29, 1.82) is 0 Å². The van der Waals surface area contributed by atoms with Crippen LogP contribution >= 0.6 is 0 Å². The van der Waals surface area contributed by atoms with E-state index >= 15 is 0 Å². The highest BCUT2D eigenvalue weighted by molar-refractivity contribution is 7.90. The molecule has 27 heavy (non-hydrogen) atoms. The lowest BCUT2D eigenvalue weighted by Crippen LogP contribution is -2.44. The van der Waals surface area contributed by atoms with Gasteiger partial charge in [-0.1, -0.05) is 6.07 Å². The minimum Gasteiger partial charge on any atom is -0.307 e. The zero-order valence-electron chi connectivity index (χ0n) is 16.2. The van der Waals surface area contributed by atoms with Crippen molar-refractivity contribution < 1.29 is 13.2 Å². The van der Waals surface area contributed by atoms with Crippen LogP contribution in [0, 0.1) is 0 Å². The third kappa shape index (κ3) is 3.85. The number of amides is 2. The van der Waals surface area contributed by atoms with Crippen LogP contribution < -0.4 is 10.0 Å². The van der Waals surface area contributed by atoms with Gasteiger partial charge in [0.15, 0.2) is 0 Å². The first kappa shape index (κ1) is 18.7. The van der Waals surface area contributed by atoms with Gasteiger partial charge in [0.1, 0.15) is 0 Å². The first-order valence-electron chi connectivity index (χ1n) is 10.0. The molecular weight excluding hydrogens is 362 g/mol. The van der Waals surface area contributed by atoms with Crippen LogP contribution in [0.1, 0.15) is 54.9 Å². The zero-order valence-corrected chi connectivity index (χ0v) is 17.0. The van der Waals surface area contributed by atoms with Crippen molar-refractivity contribution in [3.05, 3.63) is 28.3 Å². The molecular formula is C20H29N3O3S. The van der Waals surface area contributed by atoms with E-state index in [9.17, 15) is 13.2 Å². The summed E-state index contributed by atoms with van der Waals surface area (Å²) in [5.41, 5.74) is 5.89. The van der Waals surface area contributed by atoms with Gasteiger partial charge in [0.05, 0.1) is 5.25 Å². The number of carbonyl (C=O) groups excluding carboxylic acids is 1. The van der Waals surface area contributed by atoms with Gasteiger partial charge >= 0.3 is 6.03 Å². The number of benzene rings is 1. The molecule has 6 nitrogen and oxygen atoms in total. The second-order valence-corrected chi connectivity index (χ2v) is 10.4. The summed E-state index contributed by atoms with van der Waals surface area (Å²) < 4.78 is 27.4. The highest BCUT2D eigenvalue weighted by Crippen LogP contribution is 2.38. The van der Waals surface area contributed by atoms with Crippen molar-refractivity contribution in [3.63, 3.8) is 0 Å². The van der Waals surface area contributed by atoms with Crippen LogP contribution in [0.15, 0.2) is 6.07 Å². The van der Waals surface area contributed by atoms with Crippen molar-refractivity contribution in [1.82, 2.24) is 9.62 Å². The van der Waals surface area contributed by atoms with E-state index in [1.54, 1.807) is 6.92 Å². The summed E-state index contributed by atoms with van der Waals surface area (Å²) in [6, 6.07) is 2.15. The summed E-state index contributed by atoms with van der Waals surface area (Å²) in [5, 5.41) is 2.26. The van der Waals surface area contributed by atoms with Crippen molar-refractivity contribution in [2.75, 3.05) is 18.9 Å². The summed E-state index contributed by atoms with van der Waals surface area (Å²) in [6.45, 7) is 2.09. The van der Waals surface area contributed by atoms with Crippen molar-refractivity contribution in [2.24, 2.45) is 0 Å². The van der Waals surface area contributed by atoms with Crippen molar-refractivity contribution in [2.45, 2.75) is 69.6 Å². The van der Waals surface area contributed by atoms with Gasteiger partial charge in [-0.15, -0.1) is 0 Å². The number of nitrogens with one attached hydrogen (secondary N) is 2. The minimum absolute atomic E-state index is 0.434. The molecule has 4 rings (SSSR count). The number of hydrogen-bond acceptors (Lipinski definition) is 4. The predicted octanol–water partition coefficient (Wildman–Crippen LogP) is 2.60. The van der Waals surface area contributed by atoms with Gasteiger partial charge in [-0.2, -0.15) is 0 Å². The lowest BCUT2D eigenvalue weighted by atomic mass is 9.99. The van der Waals surface area contributed by atoms with Gasteiger partial charge in [0.2, 0.25) is 10.0 Å². The molecule has 0 heterocycles. The number of carbonyl (C=O) groups is 1. The molecule has 1 unspecified atom stereocenters. The molecule has 0 saturated heterocycles. The number of rotatable bonds is 6. The molecule has 3 aliphatic carbocycles. The lowest BCUT2D eigenvalue weighted by molar-refractivity contribution is 0.256. The monoisotopic (exact) mass is 391 g/mol. The first-order valence-corrected chi connectivity index (χ1v) is 11.6. The summed E-state index contributed by atoms with van der Waals surface area (Å²) in [7, 11) is -1.77. The van der Waals surface area contributed by atoms with E-state index in [1.807, 2.05) is 7.05 Å². The molecule has 0 radical (unpaired) electrons. The second kappa shape index (κ2) is 7.09. The zero-order chi connectivity index (χ0) is 19.2. The van der Waals surface area contributed by atoms with Crippen molar-refractivity contribution in [3.8, 4) is 0 Å². The fourth-order valence-corrected chi connectivity index (χ4v) is 5.45. The molecule has 3 aliphatic rings. The molecule has 1 aromatic carbocycles. The van der Waals surface area contributed by atoms with E-state index in [2.05, 4.69) is 21.0 Å². The van der Waals surface area contributed by atoms with Gasteiger partial charge in [-0.3, -0.25) is 0 Å². The first-order chi connectivity index (χ1) is 12.8. The Morgan fingerprint density at radius 1 is 1.15 bits per heavy atom. The largest absolute Gasteiger partial charge is 0.332 e. The lowest BCUT2D eigenvalue weighted by Gasteiger charge is -2.22. The smallest absolute Gasteiger partial charge is 0.307 e. The normalized spacial score (nSPS) is 19.7. The van der Waals surface area contributed by atoms with Gasteiger partial charge < -0.3 is 10.2 Å². The molecule has 2 N–H and O–H groups in total. The Morgan fingerprint density at radius 3 is 2.30 bits per heavy atom. The Hall–Kier alpha value is -1.60. The molecule has 1 aromatic rings. The predicted molar refractivity (Wildman–Crippen MR) is 107 cm³/mol. The number of urea groups is 1. The third-order valence-corrected chi connectivity index (χ3v) is 7.87. The molecule has 2 amide bonds. The van der Waals surface area contributed by atoms with Gasteiger partial charge in [-0.05, 0) is 87.6 Å². The number of nitrogens with zero attached hydrogens (tertiary/aromatic N) is 1. The molecule has 0 aliphatic heterocycles. The van der Waals surface area contributed by atoms with Crippen LogP contribution in [-0.4, -0.2) is 44.2 Å². The Bertz CT molecular complexity index is 829. The second-order valence-electron chi connectivity index (χ2n) is 8.32. The molecule has 0 spiro atoms. The molecule has 7 heteroatoms. The van der Waals surface area contributed by atoms with E-state index in [-0.39, 0.29) is 0 Å². The van der Waals surface area contributed by atoms with Crippen LogP contribution in [0.25, 0.3) is 0 Å². The maximum atomic E-state index is 12.6. The van der Waals surface area contributed by atoms with E-state index < -0.39 is 21.3 Å². The Morgan fingerprint density at radius 2 is 1.74 bits per heavy atom. The average Bonchev–Trinajstić information content (AvgIpc) is 3.17. The standard InChI is InChI=1S/C20H29N3O3S/c1-13(12-23(2)16-9-10-16)27(25,26)22-20(24)21-19-17-7-3-5-14(17)11-15-6-4-8-18(15)19/h11,13,16H,3-10,12H2,1-2H3,(H2,21,22,24). The van der Waals surface area contributed by atoms with E-state index in [1.165, 1.54) is 22.3 Å². The summed E-state index contributed by atoms with van der Waals surface area (Å²) in [5.74, 6) is 0. The SMILES string of the molecule is CC(CN(C)C1CC1)S(=O)(=O)NC(=O)Nc1c2c(cc3c1CCC3)CCC2. The van der Waals surface area contributed by atoms with Crippen LogP contribution in [0.2, 0.25) is 0 Å². The van der Waals surface area contributed by atoms with Crippen LogP contribution in [0.3, 0.4) is 0 Å². The average molecular weight is 392 g/mol. The van der Waals surface area contributed by atoms with Crippen LogP contribution in [-0.2, 0) is 35.7 Å². The third-order valence-electron chi connectivity index (χ3n) is 6.19. The summed E-state index contributed by atoms with van der Waals surface area (Å²) >= 11 is 0. The maximum absolute atomic E-state index is 12.6. The maximum Gasteiger partial charge on any atom is 0.332 e. The number of fused-ring (bicyclic) bond motifs is 2. The van der Waals surface area contributed by atoms with Gasteiger partial charge in [-0.25, -0.2) is 17.9 Å². The fraction of sp³-hybridized carbons (Fsp3) is 0.650. The Kier molecular flexibility index (Phi) is 4.93. The van der Waals surface area contributed by atoms with Crippen molar-refractivity contribution >= 4 is 21.7 Å². The fourth-order valence-electron chi connectivity index (χ4n) is 4.50. The Labute approximate surface area is 161 Å². The molecule has 0 bridgehead atoms. The number of aryl methyl sites for hydroxylation is 2. The van der Waals surface area contributed by atoms with Gasteiger partial charge in [0.25, 0.3) is 0 Å². The quantitative estimate of drug-likeness (QED) is 0.781. The highest BCUT2D eigenvalue weighted by atomic mass is 32.2. The Balaban J connectivity index is 1.47.